The van der Waals surface area contributed by atoms with Gasteiger partial charge in [-0.25, -0.2) is 9.37 Å². The third kappa shape index (κ3) is 3.29. The van der Waals surface area contributed by atoms with Gasteiger partial charge < -0.3 is 10.6 Å². The van der Waals surface area contributed by atoms with Gasteiger partial charge in [-0.15, -0.1) is 0 Å². The lowest BCUT2D eigenvalue weighted by atomic mass is 10.2. The molecule has 0 spiro atoms. The van der Waals surface area contributed by atoms with Crippen LogP contribution in [0.1, 0.15) is 36.9 Å². The molecule has 0 aliphatic heterocycles. The highest BCUT2D eigenvalue weighted by molar-refractivity contribution is 5.61. The zero-order chi connectivity index (χ0) is 14.8. The van der Waals surface area contributed by atoms with E-state index in [-0.39, 0.29) is 5.82 Å². The summed E-state index contributed by atoms with van der Waals surface area (Å²) in [5.74, 6) is 1.72. The second-order valence-corrected chi connectivity index (χ2v) is 5.39. The van der Waals surface area contributed by atoms with Crippen LogP contribution >= 0.6 is 0 Å². The van der Waals surface area contributed by atoms with E-state index in [0.717, 1.165) is 29.3 Å². The molecule has 0 atom stereocenters. The summed E-state index contributed by atoms with van der Waals surface area (Å²) < 4.78 is 13.2. The monoisotopic (exact) mass is 286 g/mol. The number of nitrogens with zero attached hydrogens (tertiary/aromatic N) is 2. The summed E-state index contributed by atoms with van der Waals surface area (Å²) in [6.45, 7) is 4.67. The van der Waals surface area contributed by atoms with Crippen LogP contribution in [0.5, 0.6) is 0 Å². The number of hydrogen-bond acceptors (Lipinski definition) is 4. The van der Waals surface area contributed by atoms with Crippen molar-refractivity contribution in [1.82, 2.24) is 9.97 Å². The van der Waals surface area contributed by atoms with Crippen LogP contribution in [0.4, 0.5) is 21.8 Å². The number of benzene rings is 1. The fourth-order valence-corrected chi connectivity index (χ4v) is 2.26. The highest BCUT2D eigenvalue weighted by Gasteiger charge is 2.26. The first kappa shape index (κ1) is 13.8. The topological polar surface area (TPSA) is 49.8 Å². The van der Waals surface area contributed by atoms with Gasteiger partial charge in [0.25, 0.3) is 0 Å². The molecule has 3 rings (SSSR count). The van der Waals surface area contributed by atoms with Crippen molar-refractivity contribution < 1.29 is 4.39 Å². The third-order valence-electron chi connectivity index (χ3n) is 3.53. The minimum absolute atomic E-state index is 0.229. The van der Waals surface area contributed by atoms with Crippen LogP contribution in [0.15, 0.2) is 24.3 Å². The molecule has 1 fully saturated rings. The van der Waals surface area contributed by atoms with E-state index in [4.69, 9.17) is 0 Å². The van der Waals surface area contributed by atoms with E-state index in [1.54, 1.807) is 6.07 Å². The zero-order valence-corrected chi connectivity index (χ0v) is 12.3. The van der Waals surface area contributed by atoms with Gasteiger partial charge in [0.1, 0.15) is 11.6 Å². The normalized spacial score (nSPS) is 14.0. The Balaban J connectivity index is 1.89. The van der Waals surface area contributed by atoms with E-state index in [9.17, 15) is 4.39 Å². The van der Waals surface area contributed by atoms with Gasteiger partial charge in [-0.2, -0.15) is 4.98 Å². The number of rotatable bonds is 5. The highest BCUT2D eigenvalue weighted by atomic mass is 19.1. The van der Waals surface area contributed by atoms with Gasteiger partial charge in [-0.05, 0) is 50.5 Å². The van der Waals surface area contributed by atoms with Crippen LogP contribution < -0.4 is 10.6 Å². The summed E-state index contributed by atoms with van der Waals surface area (Å²) in [6.07, 6.45) is 2.38. The van der Waals surface area contributed by atoms with E-state index in [2.05, 4.69) is 20.6 Å². The van der Waals surface area contributed by atoms with E-state index in [0.29, 0.717) is 11.9 Å². The SMILES string of the molecule is CCNc1nc(Nc2ccc(F)cc2C)cc(C2CC2)n1. The number of hydrogen-bond donors (Lipinski definition) is 2. The molecule has 2 aromatic rings. The van der Waals surface area contributed by atoms with Gasteiger partial charge in [0.15, 0.2) is 0 Å². The number of nitrogens with one attached hydrogen (secondary N) is 2. The lowest BCUT2D eigenvalue weighted by Crippen LogP contribution is -2.06. The molecule has 0 saturated heterocycles. The average molecular weight is 286 g/mol. The Morgan fingerprint density at radius 2 is 2.05 bits per heavy atom. The lowest BCUT2D eigenvalue weighted by Gasteiger charge is -2.12. The molecule has 5 heteroatoms. The van der Waals surface area contributed by atoms with Crippen molar-refractivity contribution in [3.63, 3.8) is 0 Å². The first-order chi connectivity index (χ1) is 10.2. The quantitative estimate of drug-likeness (QED) is 0.873. The summed E-state index contributed by atoms with van der Waals surface area (Å²) in [6, 6.07) is 6.68. The zero-order valence-electron chi connectivity index (χ0n) is 12.3. The van der Waals surface area contributed by atoms with Crippen molar-refractivity contribution in [3.8, 4) is 0 Å². The molecule has 2 N–H and O–H groups in total. The van der Waals surface area contributed by atoms with Crippen LogP contribution in [0.2, 0.25) is 0 Å². The molecular weight excluding hydrogens is 267 g/mol. The van der Waals surface area contributed by atoms with Crippen molar-refractivity contribution in [3.05, 3.63) is 41.3 Å². The van der Waals surface area contributed by atoms with E-state index < -0.39 is 0 Å². The van der Waals surface area contributed by atoms with Crippen molar-refractivity contribution in [2.75, 3.05) is 17.2 Å². The Morgan fingerprint density at radius 1 is 1.24 bits per heavy atom. The van der Waals surface area contributed by atoms with Crippen molar-refractivity contribution in [1.29, 1.82) is 0 Å². The second-order valence-electron chi connectivity index (χ2n) is 5.39. The first-order valence-corrected chi connectivity index (χ1v) is 7.31. The van der Waals surface area contributed by atoms with Crippen LogP contribution in [-0.4, -0.2) is 16.5 Å². The number of aromatic nitrogens is 2. The maximum absolute atomic E-state index is 13.2. The van der Waals surface area contributed by atoms with Crippen molar-refractivity contribution in [2.45, 2.75) is 32.6 Å². The molecule has 4 nitrogen and oxygen atoms in total. The molecule has 1 aromatic carbocycles. The van der Waals surface area contributed by atoms with Crippen LogP contribution in [0.3, 0.4) is 0 Å². The average Bonchev–Trinajstić information content (AvgIpc) is 3.27. The molecule has 0 radical (unpaired) electrons. The highest BCUT2D eigenvalue weighted by Crippen LogP contribution is 2.40. The summed E-state index contributed by atoms with van der Waals surface area (Å²) >= 11 is 0. The summed E-state index contributed by atoms with van der Waals surface area (Å²) in [4.78, 5) is 9.01. The molecule has 0 amide bonds. The van der Waals surface area contributed by atoms with Crippen molar-refractivity contribution in [2.24, 2.45) is 0 Å². The summed E-state index contributed by atoms with van der Waals surface area (Å²) in [5.41, 5.74) is 2.79. The molecule has 1 heterocycles. The fourth-order valence-electron chi connectivity index (χ4n) is 2.26. The van der Waals surface area contributed by atoms with Gasteiger partial charge in [0.05, 0.1) is 5.69 Å². The maximum atomic E-state index is 13.2. The maximum Gasteiger partial charge on any atom is 0.224 e. The molecule has 21 heavy (non-hydrogen) atoms. The minimum atomic E-state index is -0.229. The van der Waals surface area contributed by atoms with E-state index >= 15 is 0 Å². The smallest absolute Gasteiger partial charge is 0.224 e. The summed E-state index contributed by atoms with van der Waals surface area (Å²) in [7, 11) is 0. The molecule has 1 saturated carbocycles. The van der Waals surface area contributed by atoms with Gasteiger partial charge in [0, 0.05) is 24.2 Å². The Morgan fingerprint density at radius 3 is 2.71 bits per heavy atom. The Hall–Kier alpha value is -2.17. The Labute approximate surface area is 123 Å². The number of halogens is 1. The second kappa shape index (κ2) is 5.68. The largest absolute Gasteiger partial charge is 0.354 e. The van der Waals surface area contributed by atoms with Crippen LogP contribution in [-0.2, 0) is 0 Å². The first-order valence-electron chi connectivity index (χ1n) is 7.31. The molecular formula is C16H19FN4. The lowest BCUT2D eigenvalue weighted by molar-refractivity contribution is 0.627. The molecule has 1 aliphatic rings. The van der Waals surface area contributed by atoms with Gasteiger partial charge >= 0.3 is 0 Å². The van der Waals surface area contributed by atoms with Crippen LogP contribution in [0, 0.1) is 12.7 Å². The predicted molar refractivity (Wildman–Crippen MR) is 82.6 cm³/mol. The number of aryl methyl sites for hydroxylation is 1. The standard InChI is InChI=1S/C16H19FN4/c1-3-18-16-20-14(11-4-5-11)9-15(21-16)19-13-7-6-12(17)8-10(13)2/h6-9,11H,3-5H2,1-2H3,(H2,18,19,20,21). The fraction of sp³-hybridized carbons (Fsp3) is 0.375. The van der Waals surface area contributed by atoms with Gasteiger partial charge in [0.2, 0.25) is 5.95 Å². The summed E-state index contributed by atoms with van der Waals surface area (Å²) in [5, 5.41) is 6.42. The Kier molecular flexibility index (Phi) is 3.73. The van der Waals surface area contributed by atoms with E-state index in [1.165, 1.54) is 25.0 Å². The van der Waals surface area contributed by atoms with Gasteiger partial charge in [-0.3, -0.25) is 0 Å². The molecule has 110 valence electrons. The van der Waals surface area contributed by atoms with E-state index in [1.807, 2.05) is 19.9 Å². The predicted octanol–water partition coefficient (Wildman–Crippen LogP) is 3.98. The Bertz CT molecular complexity index is 653. The minimum Gasteiger partial charge on any atom is -0.354 e. The van der Waals surface area contributed by atoms with Crippen molar-refractivity contribution >= 4 is 17.5 Å². The molecule has 0 unspecified atom stereocenters. The molecule has 0 bridgehead atoms. The molecule has 1 aliphatic carbocycles. The molecule has 1 aromatic heterocycles. The van der Waals surface area contributed by atoms with Crippen LogP contribution in [0.25, 0.3) is 0 Å². The van der Waals surface area contributed by atoms with Gasteiger partial charge in [-0.1, -0.05) is 0 Å². The number of anilines is 3. The third-order valence-corrected chi connectivity index (χ3v) is 3.53.